The number of hydrogen-bond donors (Lipinski definition) is 0. The van der Waals surface area contributed by atoms with Crippen LogP contribution < -0.4 is 4.74 Å². The van der Waals surface area contributed by atoms with Crippen LogP contribution in [0.25, 0.3) is 0 Å². The zero-order valence-electron chi connectivity index (χ0n) is 14.2. The number of amides is 2. The molecule has 0 unspecified atom stereocenters. The monoisotopic (exact) mass is 345 g/mol. The second-order valence-corrected chi connectivity index (χ2v) is 6.00. The van der Waals surface area contributed by atoms with Gasteiger partial charge in [0.05, 0.1) is 12.7 Å². The number of aryl methyl sites for hydroxylation is 1. The highest BCUT2D eigenvalue weighted by Crippen LogP contribution is 2.19. The van der Waals surface area contributed by atoms with Crippen molar-refractivity contribution in [3.63, 3.8) is 0 Å². The van der Waals surface area contributed by atoms with Crippen LogP contribution in [0.4, 0.5) is 4.39 Å². The van der Waals surface area contributed by atoms with Crippen molar-refractivity contribution < 1.29 is 18.7 Å². The first-order chi connectivity index (χ1) is 12.0. The molecule has 0 atom stereocenters. The van der Waals surface area contributed by atoms with Gasteiger partial charge in [-0.1, -0.05) is 0 Å². The van der Waals surface area contributed by atoms with Gasteiger partial charge in [0.15, 0.2) is 11.6 Å². The fourth-order valence-corrected chi connectivity index (χ4v) is 2.91. The molecule has 0 spiro atoms. The molecule has 1 aliphatic heterocycles. The first-order valence-electron chi connectivity index (χ1n) is 8.03. The Morgan fingerprint density at radius 1 is 1.00 bits per heavy atom. The van der Waals surface area contributed by atoms with Gasteiger partial charge in [-0.25, -0.2) is 4.39 Å². The van der Waals surface area contributed by atoms with E-state index < -0.39 is 5.82 Å². The summed E-state index contributed by atoms with van der Waals surface area (Å²) < 4.78 is 20.5. The van der Waals surface area contributed by atoms with Crippen LogP contribution in [-0.4, -0.2) is 59.5 Å². The summed E-state index contributed by atoms with van der Waals surface area (Å²) in [5.41, 5.74) is 0.917. The summed E-state index contributed by atoms with van der Waals surface area (Å²) in [6, 6.07) is 5.95. The van der Waals surface area contributed by atoms with Crippen LogP contribution in [0.2, 0.25) is 0 Å². The van der Waals surface area contributed by atoms with Gasteiger partial charge in [0.25, 0.3) is 11.8 Å². The van der Waals surface area contributed by atoms with Crippen LogP contribution in [0.3, 0.4) is 0 Å². The Morgan fingerprint density at radius 3 is 2.08 bits per heavy atom. The molecule has 1 aromatic heterocycles. The number of carbonyl (C=O) groups is 2. The topological polar surface area (TPSA) is 54.8 Å². The molecule has 0 saturated carbocycles. The van der Waals surface area contributed by atoms with Gasteiger partial charge >= 0.3 is 0 Å². The van der Waals surface area contributed by atoms with E-state index in [1.165, 1.54) is 19.2 Å². The lowest BCUT2D eigenvalue weighted by Gasteiger charge is -2.34. The fourth-order valence-electron chi connectivity index (χ4n) is 2.91. The van der Waals surface area contributed by atoms with Gasteiger partial charge in [-0.15, -0.1) is 0 Å². The van der Waals surface area contributed by atoms with E-state index in [9.17, 15) is 14.0 Å². The van der Waals surface area contributed by atoms with Crippen molar-refractivity contribution >= 4 is 11.8 Å². The number of benzene rings is 1. The van der Waals surface area contributed by atoms with Crippen molar-refractivity contribution in [3.05, 3.63) is 53.6 Å². The van der Waals surface area contributed by atoms with E-state index in [1.54, 1.807) is 28.1 Å². The van der Waals surface area contributed by atoms with Crippen molar-refractivity contribution in [1.82, 2.24) is 14.4 Å². The Kier molecular flexibility index (Phi) is 4.74. The summed E-state index contributed by atoms with van der Waals surface area (Å²) >= 11 is 0. The first-order valence-corrected chi connectivity index (χ1v) is 8.03. The highest BCUT2D eigenvalue weighted by molar-refractivity contribution is 5.96. The number of halogens is 1. The molecule has 1 fully saturated rings. The minimum atomic E-state index is -0.564. The zero-order chi connectivity index (χ0) is 18.0. The summed E-state index contributed by atoms with van der Waals surface area (Å²) in [7, 11) is 3.24. The van der Waals surface area contributed by atoms with Gasteiger partial charge in [-0.05, 0) is 24.3 Å². The van der Waals surface area contributed by atoms with E-state index in [4.69, 9.17) is 4.74 Å². The maximum absolute atomic E-state index is 13.8. The lowest BCUT2D eigenvalue weighted by Crippen LogP contribution is -2.50. The van der Waals surface area contributed by atoms with Crippen LogP contribution in [0.15, 0.2) is 36.7 Å². The molecule has 1 aromatic carbocycles. The van der Waals surface area contributed by atoms with Crippen LogP contribution in [0, 0.1) is 5.82 Å². The average molecular weight is 345 g/mol. The SMILES string of the molecule is COc1ccc(C(=O)N2CCN(C(=O)c3ccn(C)c3)CC2)cc1F. The first kappa shape index (κ1) is 17.0. The molecule has 25 heavy (non-hydrogen) atoms. The Morgan fingerprint density at radius 2 is 1.60 bits per heavy atom. The molecule has 0 aliphatic carbocycles. The standard InChI is InChI=1S/C18H20FN3O3/c1-20-6-5-14(12-20)18(24)22-9-7-21(8-10-22)17(23)13-3-4-16(25-2)15(19)11-13/h3-6,11-12H,7-10H2,1-2H3. The van der Waals surface area contributed by atoms with Gasteiger partial charge in [-0.2, -0.15) is 0 Å². The molecule has 7 heteroatoms. The summed E-state index contributed by atoms with van der Waals surface area (Å²) in [6.45, 7) is 1.76. The molecule has 3 rings (SSSR count). The Hall–Kier alpha value is -2.83. The average Bonchev–Trinajstić information content (AvgIpc) is 3.07. The lowest BCUT2D eigenvalue weighted by molar-refractivity contribution is 0.0535. The predicted octanol–water partition coefficient (Wildman–Crippen LogP) is 1.77. The largest absolute Gasteiger partial charge is 0.494 e. The number of ether oxygens (including phenoxy) is 1. The van der Waals surface area contributed by atoms with E-state index in [0.29, 0.717) is 31.7 Å². The fraction of sp³-hybridized carbons (Fsp3) is 0.333. The van der Waals surface area contributed by atoms with Crippen LogP contribution in [-0.2, 0) is 7.05 Å². The molecule has 2 heterocycles. The third-order valence-corrected chi connectivity index (χ3v) is 4.33. The Labute approximate surface area is 145 Å². The van der Waals surface area contributed by atoms with Crippen LogP contribution in [0.5, 0.6) is 5.75 Å². The summed E-state index contributed by atoms with van der Waals surface area (Å²) in [5, 5.41) is 0. The van der Waals surface area contributed by atoms with Crippen LogP contribution in [0.1, 0.15) is 20.7 Å². The number of methoxy groups -OCH3 is 1. The molecule has 0 radical (unpaired) electrons. The third-order valence-electron chi connectivity index (χ3n) is 4.33. The van der Waals surface area contributed by atoms with Crippen molar-refractivity contribution in [2.75, 3.05) is 33.3 Å². The number of rotatable bonds is 3. The van der Waals surface area contributed by atoms with E-state index in [-0.39, 0.29) is 23.1 Å². The number of piperazine rings is 1. The molecule has 2 aromatic rings. The van der Waals surface area contributed by atoms with Crippen molar-refractivity contribution in [1.29, 1.82) is 0 Å². The second-order valence-electron chi connectivity index (χ2n) is 6.00. The summed E-state index contributed by atoms with van der Waals surface area (Å²) in [5.74, 6) is -0.738. The van der Waals surface area contributed by atoms with E-state index >= 15 is 0 Å². The quantitative estimate of drug-likeness (QED) is 0.852. The summed E-state index contributed by atoms with van der Waals surface area (Å²) in [6.07, 6.45) is 3.60. The minimum Gasteiger partial charge on any atom is -0.494 e. The highest BCUT2D eigenvalue weighted by atomic mass is 19.1. The number of hydrogen-bond acceptors (Lipinski definition) is 3. The Balaban J connectivity index is 1.62. The van der Waals surface area contributed by atoms with E-state index in [1.807, 2.05) is 17.8 Å². The minimum absolute atomic E-state index is 0.0387. The second kappa shape index (κ2) is 6.96. The summed E-state index contributed by atoms with van der Waals surface area (Å²) in [4.78, 5) is 28.3. The number of aromatic nitrogens is 1. The third kappa shape index (κ3) is 3.50. The van der Waals surface area contributed by atoms with Gasteiger partial charge in [0, 0.05) is 51.2 Å². The smallest absolute Gasteiger partial charge is 0.255 e. The molecule has 1 saturated heterocycles. The molecule has 0 bridgehead atoms. The van der Waals surface area contributed by atoms with Crippen LogP contribution >= 0.6 is 0 Å². The normalized spacial score (nSPS) is 14.5. The van der Waals surface area contributed by atoms with E-state index in [2.05, 4.69) is 0 Å². The molecular weight excluding hydrogens is 325 g/mol. The van der Waals surface area contributed by atoms with Crippen molar-refractivity contribution in [3.8, 4) is 5.75 Å². The molecule has 0 N–H and O–H groups in total. The van der Waals surface area contributed by atoms with Crippen molar-refractivity contribution in [2.45, 2.75) is 0 Å². The Bertz CT molecular complexity index is 795. The van der Waals surface area contributed by atoms with Gasteiger partial charge in [-0.3, -0.25) is 9.59 Å². The van der Waals surface area contributed by atoms with Gasteiger partial charge in [0.2, 0.25) is 0 Å². The molecule has 132 valence electrons. The molecule has 2 amide bonds. The number of carbonyl (C=O) groups excluding carboxylic acids is 2. The van der Waals surface area contributed by atoms with Gasteiger partial charge in [0.1, 0.15) is 0 Å². The highest BCUT2D eigenvalue weighted by Gasteiger charge is 2.26. The van der Waals surface area contributed by atoms with Gasteiger partial charge < -0.3 is 19.1 Å². The lowest BCUT2D eigenvalue weighted by atomic mass is 10.1. The maximum Gasteiger partial charge on any atom is 0.255 e. The zero-order valence-corrected chi connectivity index (χ0v) is 14.2. The maximum atomic E-state index is 13.8. The number of nitrogens with zero attached hydrogens (tertiary/aromatic N) is 3. The molecule has 6 nitrogen and oxygen atoms in total. The van der Waals surface area contributed by atoms with E-state index in [0.717, 1.165) is 0 Å². The molecular formula is C18H20FN3O3. The predicted molar refractivity (Wildman–Crippen MR) is 90.2 cm³/mol. The van der Waals surface area contributed by atoms with Crippen molar-refractivity contribution in [2.24, 2.45) is 7.05 Å². The molecule has 1 aliphatic rings.